The van der Waals surface area contributed by atoms with Crippen LogP contribution in [0.25, 0.3) is 10.9 Å². The number of pyridine rings is 1. The second kappa shape index (κ2) is 9.10. The molecule has 1 saturated carbocycles. The average Bonchev–Trinajstić information content (AvgIpc) is 3.38. The summed E-state index contributed by atoms with van der Waals surface area (Å²) in [6, 6.07) is 18.6. The van der Waals surface area contributed by atoms with Crippen molar-refractivity contribution in [3.8, 4) is 0 Å². The summed E-state index contributed by atoms with van der Waals surface area (Å²) in [4.78, 5) is 17.7. The molecule has 1 saturated heterocycles. The summed E-state index contributed by atoms with van der Waals surface area (Å²) in [6.07, 6.45) is 8.89. The van der Waals surface area contributed by atoms with Crippen LogP contribution in [-0.4, -0.2) is 54.0 Å². The van der Waals surface area contributed by atoms with Gasteiger partial charge in [-0.15, -0.1) is 0 Å². The van der Waals surface area contributed by atoms with Crippen LogP contribution in [-0.2, 0) is 0 Å². The summed E-state index contributed by atoms with van der Waals surface area (Å²) in [5.74, 6) is 0.788. The van der Waals surface area contributed by atoms with Crippen LogP contribution in [0.3, 0.4) is 0 Å². The highest BCUT2D eigenvalue weighted by atomic mass is 15.2. The summed E-state index contributed by atoms with van der Waals surface area (Å²) in [7, 11) is 1.94. The first-order chi connectivity index (χ1) is 18.6. The van der Waals surface area contributed by atoms with Crippen LogP contribution in [0.1, 0.15) is 31.2 Å². The van der Waals surface area contributed by atoms with Gasteiger partial charge in [0.1, 0.15) is 11.9 Å². The summed E-state index contributed by atoms with van der Waals surface area (Å²) in [5.41, 5.74) is 14.5. The first-order valence-electron chi connectivity index (χ1n) is 13.6. The molecule has 2 fully saturated rings. The molecule has 7 heteroatoms. The number of allylic oxidation sites excluding steroid dienone is 2. The Morgan fingerprint density at radius 3 is 2.61 bits per heavy atom. The van der Waals surface area contributed by atoms with Gasteiger partial charge in [-0.25, -0.2) is 4.98 Å². The second-order valence-electron chi connectivity index (χ2n) is 10.9. The van der Waals surface area contributed by atoms with Crippen LogP contribution in [0.2, 0.25) is 0 Å². The number of aromatic nitrogens is 1. The number of para-hydroxylation sites is 1. The Labute approximate surface area is 223 Å². The first kappa shape index (κ1) is 23.2. The molecule has 1 aliphatic carbocycles. The molecule has 1 atom stereocenters. The lowest BCUT2D eigenvalue weighted by Gasteiger charge is -2.51. The number of rotatable bonds is 7. The molecule has 4 N–H and O–H groups in total. The zero-order valence-electron chi connectivity index (χ0n) is 21.7. The number of hydrogen-bond acceptors (Lipinski definition) is 7. The number of benzene rings is 2. The second-order valence-corrected chi connectivity index (χ2v) is 10.9. The van der Waals surface area contributed by atoms with Crippen molar-refractivity contribution >= 4 is 39.5 Å². The van der Waals surface area contributed by atoms with Crippen molar-refractivity contribution in [2.75, 3.05) is 37.3 Å². The minimum absolute atomic E-state index is 0.0340. The van der Waals surface area contributed by atoms with Gasteiger partial charge in [0, 0.05) is 59.2 Å². The van der Waals surface area contributed by atoms with E-state index < -0.39 is 0 Å². The Morgan fingerprint density at radius 1 is 1.05 bits per heavy atom. The van der Waals surface area contributed by atoms with E-state index in [1.807, 2.05) is 49.6 Å². The van der Waals surface area contributed by atoms with Crippen molar-refractivity contribution in [1.82, 2.24) is 9.88 Å². The highest BCUT2D eigenvalue weighted by Crippen LogP contribution is 2.49. The van der Waals surface area contributed by atoms with Gasteiger partial charge in [0.05, 0.1) is 22.6 Å². The third-order valence-corrected chi connectivity index (χ3v) is 8.61. The van der Waals surface area contributed by atoms with Gasteiger partial charge in [0.25, 0.3) is 0 Å². The van der Waals surface area contributed by atoms with Gasteiger partial charge in [-0.2, -0.15) is 0 Å². The molecular formula is C31H33N7. The van der Waals surface area contributed by atoms with Gasteiger partial charge in [0.2, 0.25) is 0 Å². The van der Waals surface area contributed by atoms with Crippen LogP contribution in [0.15, 0.2) is 88.1 Å². The largest absolute Gasteiger partial charge is 0.396 e. The quantitative estimate of drug-likeness (QED) is 0.410. The Hall–Kier alpha value is -3.97. The maximum absolute atomic E-state index is 6.79. The molecule has 192 valence electrons. The zero-order valence-corrected chi connectivity index (χ0v) is 21.7. The van der Waals surface area contributed by atoms with Gasteiger partial charge in [0.15, 0.2) is 0 Å². The lowest BCUT2D eigenvalue weighted by Crippen LogP contribution is -2.56. The zero-order chi connectivity index (χ0) is 25.7. The Morgan fingerprint density at radius 2 is 1.89 bits per heavy atom. The van der Waals surface area contributed by atoms with Crippen molar-refractivity contribution in [2.45, 2.75) is 31.7 Å². The van der Waals surface area contributed by atoms with Gasteiger partial charge < -0.3 is 21.3 Å². The normalized spacial score (nSPS) is 21.9. The molecular weight excluding hydrogens is 470 g/mol. The molecule has 7 rings (SSSR count). The molecule has 0 bridgehead atoms. The monoisotopic (exact) mass is 503 g/mol. The molecule has 4 aliphatic rings. The molecule has 1 aromatic heterocycles. The van der Waals surface area contributed by atoms with E-state index in [4.69, 9.17) is 20.7 Å². The van der Waals surface area contributed by atoms with Gasteiger partial charge in [-0.1, -0.05) is 36.8 Å². The SMILES string of the molecule is CNc1cc(Nc2ccccc2)nc2cc(C3=NC(C4(CN5CCC5)CCC4)C4=NC=CC4=C3N)ccc12. The number of likely N-dealkylation sites (tertiary alicyclic amines) is 1. The van der Waals surface area contributed by atoms with Crippen LogP contribution in [0.4, 0.5) is 17.2 Å². The van der Waals surface area contributed by atoms with E-state index in [-0.39, 0.29) is 11.5 Å². The molecule has 2 aromatic carbocycles. The molecule has 1 unspecified atom stereocenters. The molecule has 0 spiro atoms. The van der Waals surface area contributed by atoms with Crippen molar-refractivity contribution in [1.29, 1.82) is 0 Å². The van der Waals surface area contributed by atoms with Crippen molar-refractivity contribution in [3.63, 3.8) is 0 Å². The van der Waals surface area contributed by atoms with Gasteiger partial charge in [-0.3, -0.25) is 9.98 Å². The number of aliphatic imine (C=N–C) groups is 2. The number of fused-ring (bicyclic) bond motifs is 2. The standard InChI is InChI=1S/C31H33N7/c1-33-24-18-26(35-21-7-3-2-4-8-21)36-25-17-20(9-10-22(24)25)28-27(32)23-11-14-34-29(23)30(37-28)31(12-5-13-31)19-38-15-6-16-38/h2-4,7-11,14,17-18,30H,5-6,12-13,15-16,19,32H2,1H3,(H2,33,35,36). The van der Waals surface area contributed by atoms with E-state index in [9.17, 15) is 0 Å². The molecule has 38 heavy (non-hydrogen) atoms. The van der Waals surface area contributed by atoms with E-state index in [0.717, 1.165) is 57.2 Å². The fraction of sp³-hybridized carbons (Fsp3) is 0.323. The Bertz CT molecular complexity index is 1520. The number of hydrogen-bond donors (Lipinski definition) is 3. The third kappa shape index (κ3) is 3.80. The summed E-state index contributed by atoms with van der Waals surface area (Å²) < 4.78 is 0. The molecule has 4 heterocycles. The predicted molar refractivity (Wildman–Crippen MR) is 156 cm³/mol. The van der Waals surface area contributed by atoms with Crippen molar-refractivity contribution in [2.24, 2.45) is 21.1 Å². The Balaban J connectivity index is 1.30. The fourth-order valence-electron chi connectivity index (χ4n) is 6.29. The number of nitrogens with zero attached hydrogens (tertiary/aromatic N) is 4. The van der Waals surface area contributed by atoms with E-state index in [2.05, 4.69) is 39.8 Å². The highest BCUT2D eigenvalue weighted by molar-refractivity contribution is 6.24. The highest BCUT2D eigenvalue weighted by Gasteiger charge is 2.50. The topological polar surface area (TPSA) is 90.9 Å². The van der Waals surface area contributed by atoms with E-state index >= 15 is 0 Å². The van der Waals surface area contributed by atoms with Crippen LogP contribution in [0.5, 0.6) is 0 Å². The number of nitrogens with one attached hydrogen (secondary N) is 2. The molecule has 0 amide bonds. The lowest BCUT2D eigenvalue weighted by atomic mass is 9.61. The van der Waals surface area contributed by atoms with E-state index in [0.29, 0.717) is 5.70 Å². The lowest BCUT2D eigenvalue weighted by molar-refractivity contribution is 0.0320. The summed E-state index contributed by atoms with van der Waals surface area (Å²) in [5, 5.41) is 7.83. The number of anilines is 3. The third-order valence-electron chi connectivity index (χ3n) is 8.61. The van der Waals surface area contributed by atoms with Crippen LogP contribution >= 0.6 is 0 Å². The van der Waals surface area contributed by atoms with Crippen molar-refractivity contribution in [3.05, 3.63) is 83.7 Å². The predicted octanol–water partition coefficient (Wildman–Crippen LogP) is 5.25. The number of dihydropyridines is 1. The fourth-order valence-corrected chi connectivity index (χ4v) is 6.29. The minimum Gasteiger partial charge on any atom is -0.396 e. The molecule has 3 aromatic rings. The van der Waals surface area contributed by atoms with E-state index in [1.165, 1.54) is 38.8 Å². The maximum Gasteiger partial charge on any atom is 0.133 e. The van der Waals surface area contributed by atoms with Gasteiger partial charge in [-0.05, 0) is 56.6 Å². The number of nitrogens with two attached hydrogens (primary N) is 1. The maximum atomic E-state index is 6.79. The van der Waals surface area contributed by atoms with Gasteiger partial charge >= 0.3 is 0 Å². The summed E-state index contributed by atoms with van der Waals surface area (Å²) in [6.45, 7) is 3.49. The summed E-state index contributed by atoms with van der Waals surface area (Å²) >= 11 is 0. The Kier molecular flexibility index (Phi) is 5.55. The molecule has 7 nitrogen and oxygen atoms in total. The first-order valence-corrected chi connectivity index (χ1v) is 13.6. The molecule has 3 aliphatic heterocycles. The smallest absolute Gasteiger partial charge is 0.133 e. The molecule has 0 radical (unpaired) electrons. The van der Waals surface area contributed by atoms with Crippen molar-refractivity contribution < 1.29 is 0 Å². The van der Waals surface area contributed by atoms with E-state index in [1.54, 1.807) is 0 Å². The van der Waals surface area contributed by atoms with Crippen LogP contribution in [0, 0.1) is 5.41 Å². The minimum atomic E-state index is 0.0340. The van der Waals surface area contributed by atoms with Crippen LogP contribution < -0.4 is 16.4 Å². The average molecular weight is 504 g/mol.